The summed E-state index contributed by atoms with van der Waals surface area (Å²) >= 11 is 2.04. The van der Waals surface area contributed by atoms with E-state index in [1.165, 1.54) is 6.07 Å². The van der Waals surface area contributed by atoms with Crippen LogP contribution in [0.15, 0.2) is 18.2 Å². The summed E-state index contributed by atoms with van der Waals surface area (Å²) in [5.41, 5.74) is 0.420. The molecule has 0 spiro atoms. The van der Waals surface area contributed by atoms with Crippen molar-refractivity contribution in [1.82, 2.24) is 4.90 Å². The Morgan fingerprint density at radius 3 is 2.62 bits per heavy atom. The SMILES string of the molecule is COC1CCN(C(=O)Nc2ccc(I)cc2C(=O)O)CC1. The van der Waals surface area contributed by atoms with Crippen molar-refractivity contribution in [3.8, 4) is 0 Å². The van der Waals surface area contributed by atoms with E-state index in [0.717, 1.165) is 16.4 Å². The number of halogens is 1. The van der Waals surface area contributed by atoms with Crippen molar-refractivity contribution in [2.75, 3.05) is 25.5 Å². The lowest BCUT2D eigenvalue weighted by Crippen LogP contribution is -2.43. The second kappa shape index (κ2) is 7.08. The molecule has 114 valence electrons. The van der Waals surface area contributed by atoms with Gasteiger partial charge in [0.2, 0.25) is 0 Å². The normalized spacial score (nSPS) is 15.8. The zero-order chi connectivity index (χ0) is 15.4. The van der Waals surface area contributed by atoms with Gasteiger partial charge in [-0.05, 0) is 53.6 Å². The molecule has 0 bridgehead atoms. The molecule has 2 rings (SSSR count). The number of carboxylic acid groups (broad SMARTS) is 1. The molecular weight excluding hydrogens is 387 g/mol. The number of carbonyl (C=O) groups excluding carboxylic acids is 1. The predicted molar refractivity (Wildman–Crippen MR) is 86.7 cm³/mol. The van der Waals surface area contributed by atoms with E-state index >= 15 is 0 Å². The summed E-state index contributed by atoms with van der Waals surface area (Å²) in [6.45, 7) is 1.22. The van der Waals surface area contributed by atoms with Gasteiger partial charge in [0.25, 0.3) is 0 Å². The quantitative estimate of drug-likeness (QED) is 0.760. The average molecular weight is 404 g/mol. The van der Waals surface area contributed by atoms with Crippen LogP contribution in [0.1, 0.15) is 23.2 Å². The molecule has 0 aromatic heterocycles. The first kappa shape index (κ1) is 16.0. The van der Waals surface area contributed by atoms with Crippen LogP contribution in [0, 0.1) is 3.57 Å². The molecular formula is C14H17IN2O4. The molecule has 1 heterocycles. The zero-order valence-electron chi connectivity index (χ0n) is 11.6. The van der Waals surface area contributed by atoms with Crippen LogP contribution in [-0.4, -0.2) is 48.3 Å². The molecule has 0 saturated carbocycles. The van der Waals surface area contributed by atoms with Gasteiger partial charge < -0.3 is 20.1 Å². The van der Waals surface area contributed by atoms with E-state index in [2.05, 4.69) is 5.32 Å². The van der Waals surface area contributed by atoms with E-state index in [0.29, 0.717) is 18.8 Å². The molecule has 0 unspecified atom stereocenters. The summed E-state index contributed by atoms with van der Waals surface area (Å²) < 4.78 is 6.07. The third-order valence-electron chi connectivity index (χ3n) is 3.52. The van der Waals surface area contributed by atoms with E-state index in [4.69, 9.17) is 4.74 Å². The Bertz CT molecular complexity index is 542. The Balaban J connectivity index is 2.05. The fourth-order valence-corrected chi connectivity index (χ4v) is 2.78. The Kier molecular flexibility index (Phi) is 5.40. The lowest BCUT2D eigenvalue weighted by Gasteiger charge is -2.31. The van der Waals surface area contributed by atoms with Crippen LogP contribution in [0.5, 0.6) is 0 Å². The maximum absolute atomic E-state index is 12.2. The van der Waals surface area contributed by atoms with Crippen LogP contribution >= 0.6 is 22.6 Å². The van der Waals surface area contributed by atoms with Crippen molar-refractivity contribution in [1.29, 1.82) is 0 Å². The molecule has 0 aliphatic carbocycles. The maximum atomic E-state index is 12.2. The smallest absolute Gasteiger partial charge is 0.337 e. The van der Waals surface area contributed by atoms with E-state index in [9.17, 15) is 14.7 Å². The first-order valence-electron chi connectivity index (χ1n) is 6.63. The molecule has 1 aliphatic rings. The number of amides is 2. The fraction of sp³-hybridized carbons (Fsp3) is 0.429. The van der Waals surface area contributed by atoms with Gasteiger partial charge in [-0.1, -0.05) is 0 Å². The van der Waals surface area contributed by atoms with Crippen molar-refractivity contribution >= 4 is 40.3 Å². The predicted octanol–water partition coefficient (Wildman–Crippen LogP) is 2.63. The number of carboxylic acids is 1. The second-order valence-corrected chi connectivity index (χ2v) is 6.09. The summed E-state index contributed by atoms with van der Waals surface area (Å²) in [5.74, 6) is -1.05. The lowest BCUT2D eigenvalue weighted by molar-refractivity contribution is 0.0521. The molecule has 7 heteroatoms. The molecule has 1 aliphatic heterocycles. The number of aromatic carboxylic acids is 1. The molecule has 1 fully saturated rings. The largest absolute Gasteiger partial charge is 0.478 e. The average Bonchev–Trinajstić information content (AvgIpc) is 2.49. The highest BCUT2D eigenvalue weighted by Gasteiger charge is 2.23. The fourth-order valence-electron chi connectivity index (χ4n) is 2.29. The molecule has 1 aromatic carbocycles. The Hall–Kier alpha value is -1.35. The lowest BCUT2D eigenvalue weighted by atomic mass is 10.1. The van der Waals surface area contributed by atoms with Crippen molar-refractivity contribution in [3.63, 3.8) is 0 Å². The van der Waals surface area contributed by atoms with Gasteiger partial charge in [0.15, 0.2) is 0 Å². The minimum atomic E-state index is -1.05. The summed E-state index contributed by atoms with van der Waals surface area (Å²) in [5, 5.41) is 11.9. The van der Waals surface area contributed by atoms with Crippen molar-refractivity contribution in [3.05, 3.63) is 27.3 Å². The molecule has 0 radical (unpaired) electrons. The standard InChI is InChI=1S/C14H17IN2O4/c1-21-10-4-6-17(7-5-10)14(20)16-12-3-2-9(15)8-11(12)13(18)19/h2-3,8,10H,4-7H2,1H3,(H,16,20)(H,18,19). The van der Waals surface area contributed by atoms with Crippen LogP contribution in [-0.2, 0) is 4.74 Å². The number of nitrogens with zero attached hydrogens (tertiary/aromatic N) is 1. The van der Waals surface area contributed by atoms with Crippen molar-refractivity contribution in [2.45, 2.75) is 18.9 Å². The zero-order valence-corrected chi connectivity index (χ0v) is 13.8. The summed E-state index contributed by atoms with van der Waals surface area (Å²) in [7, 11) is 1.67. The number of piperidine rings is 1. The first-order chi connectivity index (χ1) is 10.0. The van der Waals surface area contributed by atoms with E-state index in [1.54, 1.807) is 24.1 Å². The highest BCUT2D eigenvalue weighted by molar-refractivity contribution is 14.1. The number of hydrogen-bond donors (Lipinski definition) is 2. The van der Waals surface area contributed by atoms with E-state index in [1.807, 2.05) is 22.6 Å². The number of hydrogen-bond acceptors (Lipinski definition) is 3. The number of rotatable bonds is 3. The summed E-state index contributed by atoms with van der Waals surface area (Å²) in [6, 6.07) is 4.65. The Morgan fingerprint density at radius 2 is 2.05 bits per heavy atom. The van der Waals surface area contributed by atoms with Gasteiger partial charge in [-0.15, -0.1) is 0 Å². The first-order valence-corrected chi connectivity index (χ1v) is 7.70. The number of anilines is 1. The number of ether oxygens (including phenoxy) is 1. The highest BCUT2D eigenvalue weighted by atomic mass is 127. The Labute approximate surface area is 136 Å². The molecule has 2 amide bonds. The van der Waals surface area contributed by atoms with Gasteiger partial charge >= 0.3 is 12.0 Å². The topological polar surface area (TPSA) is 78.9 Å². The van der Waals surface area contributed by atoms with Crippen molar-refractivity contribution in [2.24, 2.45) is 0 Å². The summed E-state index contributed by atoms with van der Waals surface area (Å²) in [6.07, 6.45) is 1.78. The number of nitrogens with one attached hydrogen (secondary N) is 1. The van der Waals surface area contributed by atoms with Gasteiger partial charge in [-0.25, -0.2) is 9.59 Å². The number of likely N-dealkylation sites (tertiary alicyclic amines) is 1. The molecule has 6 nitrogen and oxygen atoms in total. The molecule has 0 atom stereocenters. The van der Waals surface area contributed by atoms with E-state index < -0.39 is 5.97 Å². The number of benzene rings is 1. The van der Waals surface area contributed by atoms with Crippen LogP contribution in [0.3, 0.4) is 0 Å². The Morgan fingerprint density at radius 1 is 1.38 bits per heavy atom. The monoisotopic (exact) mass is 404 g/mol. The molecule has 21 heavy (non-hydrogen) atoms. The van der Waals surface area contributed by atoms with Gasteiger partial charge in [0.05, 0.1) is 17.4 Å². The summed E-state index contributed by atoms with van der Waals surface area (Å²) in [4.78, 5) is 25.1. The molecule has 2 N–H and O–H groups in total. The maximum Gasteiger partial charge on any atom is 0.337 e. The van der Waals surface area contributed by atoms with Gasteiger partial charge in [-0.2, -0.15) is 0 Å². The highest BCUT2D eigenvalue weighted by Crippen LogP contribution is 2.20. The van der Waals surface area contributed by atoms with Crippen LogP contribution in [0.2, 0.25) is 0 Å². The third-order valence-corrected chi connectivity index (χ3v) is 4.19. The number of carbonyl (C=O) groups is 2. The minimum absolute atomic E-state index is 0.0991. The molecule has 1 aromatic rings. The van der Waals surface area contributed by atoms with Crippen molar-refractivity contribution < 1.29 is 19.4 Å². The van der Waals surface area contributed by atoms with Crippen LogP contribution in [0.25, 0.3) is 0 Å². The van der Waals surface area contributed by atoms with Crippen LogP contribution < -0.4 is 5.32 Å². The van der Waals surface area contributed by atoms with Gasteiger partial charge in [-0.3, -0.25) is 0 Å². The molecule has 1 saturated heterocycles. The number of urea groups is 1. The third kappa shape index (κ3) is 4.07. The van der Waals surface area contributed by atoms with Gasteiger partial charge in [0.1, 0.15) is 0 Å². The van der Waals surface area contributed by atoms with Crippen LogP contribution in [0.4, 0.5) is 10.5 Å². The minimum Gasteiger partial charge on any atom is -0.478 e. The number of methoxy groups -OCH3 is 1. The second-order valence-electron chi connectivity index (χ2n) is 4.85. The van der Waals surface area contributed by atoms with Gasteiger partial charge in [0, 0.05) is 23.8 Å². The van der Waals surface area contributed by atoms with E-state index in [-0.39, 0.29) is 17.7 Å².